The number of rotatable bonds is 1. The van der Waals surface area contributed by atoms with Gasteiger partial charge in [-0.3, -0.25) is 4.79 Å². The third-order valence-corrected chi connectivity index (χ3v) is 2.67. The van der Waals surface area contributed by atoms with Crippen LogP contribution in [0, 0.1) is 17.6 Å². The highest BCUT2D eigenvalue weighted by Crippen LogP contribution is 2.32. The second kappa shape index (κ2) is 4.01. The number of hydrogen-bond acceptors (Lipinski definition) is 1. The summed E-state index contributed by atoms with van der Waals surface area (Å²) in [6, 6.07) is 1.53. The van der Waals surface area contributed by atoms with Crippen molar-refractivity contribution >= 4 is 16.7 Å². The molecule has 1 aromatic heterocycles. The number of carbonyl (C=O) groups is 1. The van der Waals surface area contributed by atoms with Gasteiger partial charge in [0.25, 0.3) is 5.78 Å². The van der Waals surface area contributed by atoms with E-state index in [-0.39, 0.29) is 5.52 Å². The Balaban J connectivity index is 2.92. The lowest BCUT2D eigenvalue weighted by atomic mass is 10.1. The van der Waals surface area contributed by atoms with Crippen LogP contribution in [0.5, 0.6) is 0 Å². The number of aromatic nitrogens is 1. The van der Waals surface area contributed by atoms with Crippen LogP contribution in [-0.2, 0) is 7.05 Å². The SMILES string of the molecule is Cn1c(F)c(C(=O)C(F)(F)F)c2c(F)c(F)ccc21. The van der Waals surface area contributed by atoms with Gasteiger partial charge in [-0.25, -0.2) is 8.78 Å². The van der Waals surface area contributed by atoms with Gasteiger partial charge in [-0.15, -0.1) is 0 Å². The summed E-state index contributed by atoms with van der Waals surface area (Å²) in [5.74, 6) is -7.28. The van der Waals surface area contributed by atoms with E-state index in [2.05, 4.69) is 0 Å². The van der Waals surface area contributed by atoms with Crippen molar-refractivity contribution in [2.45, 2.75) is 6.18 Å². The summed E-state index contributed by atoms with van der Waals surface area (Å²) < 4.78 is 77.8. The molecule has 2 aromatic rings. The van der Waals surface area contributed by atoms with E-state index in [1.165, 1.54) is 0 Å². The highest BCUT2D eigenvalue weighted by Gasteiger charge is 2.43. The first-order chi connectivity index (χ1) is 8.66. The van der Waals surface area contributed by atoms with Gasteiger partial charge >= 0.3 is 6.18 Å². The predicted molar refractivity (Wildman–Crippen MR) is 53.2 cm³/mol. The number of alkyl halides is 3. The maximum atomic E-state index is 13.7. The van der Waals surface area contributed by atoms with Gasteiger partial charge in [0.1, 0.15) is 0 Å². The molecule has 0 unspecified atom stereocenters. The van der Waals surface area contributed by atoms with Crippen molar-refractivity contribution in [3.63, 3.8) is 0 Å². The summed E-state index contributed by atoms with van der Waals surface area (Å²) in [6.45, 7) is 0. The third-order valence-electron chi connectivity index (χ3n) is 2.67. The van der Waals surface area contributed by atoms with Gasteiger partial charge in [0.2, 0.25) is 5.95 Å². The summed E-state index contributed by atoms with van der Waals surface area (Å²) in [6.07, 6.45) is -5.38. The maximum absolute atomic E-state index is 13.7. The summed E-state index contributed by atoms with van der Waals surface area (Å²) in [5.41, 5.74) is -1.86. The van der Waals surface area contributed by atoms with E-state index in [0.29, 0.717) is 10.6 Å². The molecule has 19 heavy (non-hydrogen) atoms. The summed E-state index contributed by atoms with van der Waals surface area (Å²) in [7, 11) is 1.00. The highest BCUT2D eigenvalue weighted by atomic mass is 19.4. The molecule has 0 atom stereocenters. The Morgan fingerprint density at radius 2 is 1.74 bits per heavy atom. The molecule has 0 aliphatic heterocycles. The Morgan fingerprint density at radius 1 is 1.16 bits per heavy atom. The molecule has 0 aliphatic rings. The molecule has 0 amide bonds. The average Bonchev–Trinajstić information content (AvgIpc) is 2.56. The molecular weight excluding hydrogens is 276 g/mol. The fourth-order valence-electron chi connectivity index (χ4n) is 1.78. The smallest absolute Gasteiger partial charge is 0.320 e. The Morgan fingerprint density at radius 3 is 2.26 bits per heavy atom. The van der Waals surface area contributed by atoms with E-state index < -0.39 is 40.5 Å². The molecular formula is C11H5F6NO. The molecule has 8 heteroatoms. The Labute approximate surface area is 102 Å². The molecule has 0 N–H and O–H groups in total. The van der Waals surface area contributed by atoms with Gasteiger partial charge in [0, 0.05) is 7.05 Å². The average molecular weight is 281 g/mol. The number of hydrogen-bond donors (Lipinski definition) is 0. The number of carbonyl (C=O) groups excluding carboxylic acids is 1. The number of benzene rings is 1. The van der Waals surface area contributed by atoms with Crippen LogP contribution in [0.4, 0.5) is 26.3 Å². The summed E-state index contributed by atoms with van der Waals surface area (Å²) >= 11 is 0. The summed E-state index contributed by atoms with van der Waals surface area (Å²) in [4.78, 5) is 11.1. The molecule has 2 nitrogen and oxygen atoms in total. The largest absolute Gasteiger partial charge is 0.455 e. The Kier molecular flexibility index (Phi) is 2.83. The van der Waals surface area contributed by atoms with Gasteiger partial charge in [-0.2, -0.15) is 17.6 Å². The first kappa shape index (κ1) is 13.4. The second-order valence-electron chi connectivity index (χ2n) is 3.81. The van der Waals surface area contributed by atoms with Crippen LogP contribution < -0.4 is 0 Å². The lowest BCUT2D eigenvalue weighted by molar-refractivity contribution is -0.0886. The normalized spacial score (nSPS) is 12.2. The van der Waals surface area contributed by atoms with Crippen molar-refractivity contribution in [3.8, 4) is 0 Å². The second-order valence-corrected chi connectivity index (χ2v) is 3.81. The Hall–Kier alpha value is -1.99. The zero-order valence-electron chi connectivity index (χ0n) is 9.28. The van der Waals surface area contributed by atoms with Crippen LogP contribution in [0.2, 0.25) is 0 Å². The van der Waals surface area contributed by atoms with E-state index in [4.69, 9.17) is 0 Å². The van der Waals surface area contributed by atoms with Gasteiger partial charge < -0.3 is 4.57 Å². The lowest BCUT2D eigenvalue weighted by Gasteiger charge is -2.04. The van der Waals surface area contributed by atoms with Crippen molar-refractivity contribution < 1.29 is 31.1 Å². The van der Waals surface area contributed by atoms with E-state index >= 15 is 0 Å². The number of nitrogens with zero attached hydrogens (tertiary/aromatic N) is 1. The van der Waals surface area contributed by atoms with Crippen molar-refractivity contribution in [1.82, 2.24) is 4.57 Å². The fourth-order valence-corrected chi connectivity index (χ4v) is 1.78. The molecule has 0 fully saturated rings. The molecule has 1 aromatic carbocycles. The number of ketones is 1. The van der Waals surface area contributed by atoms with E-state index in [1.54, 1.807) is 0 Å². The molecule has 0 spiro atoms. The first-order valence-electron chi connectivity index (χ1n) is 4.89. The molecule has 1 heterocycles. The lowest BCUT2D eigenvalue weighted by Crippen LogP contribution is -2.24. The number of halogens is 6. The first-order valence-corrected chi connectivity index (χ1v) is 4.89. The molecule has 102 valence electrons. The van der Waals surface area contributed by atoms with Crippen molar-refractivity contribution in [2.24, 2.45) is 7.05 Å². The van der Waals surface area contributed by atoms with Crippen molar-refractivity contribution in [1.29, 1.82) is 0 Å². The third kappa shape index (κ3) is 1.87. The molecule has 0 bridgehead atoms. The van der Waals surface area contributed by atoms with Crippen molar-refractivity contribution in [2.75, 3.05) is 0 Å². The van der Waals surface area contributed by atoms with Gasteiger partial charge in [-0.1, -0.05) is 0 Å². The standard InChI is InChI=1S/C11H5F6NO/c1-18-5-3-2-4(12)8(13)6(5)7(10(18)14)9(19)11(15,16)17/h2-3H,1H3. The zero-order chi connectivity index (χ0) is 14.5. The molecule has 0 saturated heterocycles. The zero-order valence-corrected chi connectivity index (χ0v) is 9.28. The molecule has 0 aliphatic carbocycles. The van der Waals surface area contributed by atoms with Crippen molar-refractivity contribution in [3.05, 3.63) is 35.3 Å². The van der Waals surface area contributed by atoms with E-state index in [0.717, 1.165) is 13.1 Å². The number of fused-ring (bicyclic) bond motifs is 1. The topological polar surface area (TPSA) is 22.0 Å². The predicted octanol–water partition coefficient (Wildman–Crippen LogP) is 3.34. The monoisotopic (exact) mass is 281 g/mol. The van der Waals surface area contributed by atoms with E-state index in [9.17, 15) is 31.1 Å². The minimum atomic E-state index is -5.38. The van der Waals surface area contributed by atoms with Crippen LogP contribution in [-0.4, -0.2) is 16.5 Å². The van der Waals surface area contributed by atoms with Crippen LogP contribution in [0.1, 0.15) is 10.4 Å². The van der Waals surface area contributed by atoms with Crippen LogP contribution >= 0.6 is 0 Å². The highest BCUT2D eigenvalue weighted by molar-refractivity contribution is 6.11. The Bertz CT molecular complexity index is 685. The quantitative estimate of drug-likeness (QED) is 0.580. The fraction of sp³-hybridized carbons (Fsp3) is 0.182. The molecule has 0 saturated carbocycles. The van der Waals surface area contributed by atoms with E-state index in [1.807, 2.05) is 0 Å². The minimum absolute atomic E-state index is 0.344. The molecule has 2 rings (SSSR count). The maximum Gasteiger partial charge on any atom is 0.455 e. The van der Waals surface area contributed by atoms with Crippen LogP contribution in [0.15, 0.2) is 12.1 Å². The number of Topliss-reactive ketones (excluding diaryl/α,β-unsaturated/α-hetero) is 1. The van der Waals surface area contributed by atoms with Gasteiger partial charge in [0.15, 0.2) is 11.6 Å². The van der Waals surface area contributed by atoms with Gasteiger partial charge in [0.05, 0.1) is 16.5 Å². The summed E-state index contributed by atoms with van der Waals surface area (Å²) in [5, 5.41) is -1.01. The van der Waals surface area contributed by atoms with Gasteiger partial charge in [-0.05, 0) is 12.1 Å². The molecule has 0 radical (unpaired) electrons. The number of aryl methyl sites for hydroxylation is 1. The van der Waals surface area contributed by atoms with Crippen LogP contribution in [0.25, 0.3) is 10.9 Å². The minimum Gasteiger partial charge on any atom is -0.320 e. The van der Waals surface area contributed by atoms with Crippen LogP contribution in [0.3, 0.4) is 0 Å².